The Labute approximate surface area is 101 Å². The molecule has 4 nitrogen and oxygen atoms in total. The predicted molar refractivity (Wildman–Crippen MR) is 64.3 cm³/mol. The molecule has 2 rings (SSSR count). The minimum Gasteiger partial charge on any atom is -0.492 e. The lowest BCUT2D eigenvalue weighted by Crippen LogP contribution is -2.28. The Hall–Kier alpha value is -1.55. The summed E-state index contributed by atoms with van der Waals surface area (Å²) in [5.74, 6) is -0.0123. The summed E-state index contributed by atoms with van der Waals surface area (Å²) < 4.78 is 5.64. The summed E-state index contributed by atoms with van der Waals surface area (Å²) in [7, 11) is 0. The molecule has 17 heavy (non-hydrogen) atoms. The molecule has 0 saturated carbocycles. The third-order valence-corrected chi connectivity index (χ3v) is 2.89. The molecule has 0 spiro atoms. The van der Waals surface area contributed by atoms with E-state index < -0.39 is 5.97 Å². The van der Waals surface area contributed by atoms with E-state index in [-0.39, 0.29) is 6.42 Å². The van der Waals surface area contributed by atoms with Crippen LogP contribution in [0.25, 0.3) is 0 Å². The standard InChI is InChI=1S/C13H17NO3/c15-13(16)8-10-3-5-12(6-4-10)17-9-11-2-1-7-14-11/h3-6,11,14H,1-2,7-9H2,(H,15,16). The number of hydrogen-bond acceptors (Lipinski definition) is 3. The number of aliphatic carboxylic acids is 1. The summed E-state index contributed by atoms with van der Waals surface area (Å²) >= 11 is 0. The SMILES string of the molecule is O=C(O)Cc1ccc(OCC2CCCN2)cc1. The Morgan fingerprint density at radius 2 is 2.18 bits per heavy atom. The van der Waals surface area contributed by atoms with E-state index in [4.69, 9.17) is 9.84 Å². The van der Waals surface area contributed by atoms with Gasteiger partial charge in [-0.15, -0.1) is 0 Å². The highest BCUT2D eigenvalue weighted by Crippen LogP contribution is 2.14. The van der Waals surface area contributed by atoms with Crippen molar-refractivity contribution in [2.45, 2.75) is 25.3 Å². The largest absolute Gasteiger partial charge is 0.492 e. The van der Waals surface area contributed by atoms with E-state index in [0.717, 1.165) is 24.3 Å². The van der Waals surface area contributed by atoms with E-state index >= 15 is 0 Å². The van der Waals surface area contributed by atoms with Gasteiger partial charge in [0.05, 0.1) is 6.42 Å². The smallest absolute Gasteiger partial charge is 0.307 e. The molecule has 0 aromatic heterocycles. The van der Waals surface area contributed by atoms with Crippen LogP contribution in [0.2, 0.25) is 0 Å². The van der Waals surface area contributed by atoms with Gasteiger partial charge in [-0.3, -0.25) is 4.79 Å². The van der Waals surface area contributed by atoms with Crippen molar-refractivity contribution in [2.24, 2.45) is 0 Å². The van der Waals surface area contributed by atoms with Crippen LogP contribution in [0.3, 0.4) is 0 Å². The van der Waals surface area contributed by atoms with Gasteiger partial charge in [0.1, 0.15) is 12.4 Å². The summed E-state index contributed by atoms with van der Waals surface area (Å²) in [6.45, 7) is 1.75. The molecule has 1 fully saturated rings. The van der Waals surface area contributed by atoms with E-state index in [1.807, 2.05) is 12.1 Å². The third kappa shape index (κ3) is 3.75. The van der Waals surface area contributed by atoms with Crippen LogP contribution in [0.15, 0.2) is 24.3 Å². The Kier molecular flexibility index (Phi) is 3.98. The van der Waals surface area contributed by atoms with Crippen LogP contribution in [0, 0.1) is 0 Å². The summed E-state index contributed by atoms with van der Waals surface area (Å²) in [6.07, 6.45) is 2.44. The molecule has 1 aliphatic heterocycles. The van der Waals surface area contributed by atoms with Crippen LogP contribution < -0.4 is 10.1 Å². The van der Waals surface area contributed by atoms with Crippen LogP contribution in [-0.2, 0) is 11.2 Å². The zero-order chi connectivity index (χ0) is 12.1. The first-order chi connectivity index (χ1) is 8.24. The van der Waals surface area contributed by atoms with Crippen LogP contribution in [0.5, 0.6) is 5.75 Å². The van der Waals surface area contributed by atoms with E-state index in [0.29, 0.717) is 12.6 Å². The number of ether oxygens (including phenoxy) is 1. The van der Waals surface area contributed by atoms with E-state index in [2.05, 4.69) is 5.32 Å². The maximum atomic E-state index is 10.5. The van der Waals surface area contributed by atoms with Gasteiger partial charge in [0, 0.05) is 6.04 Å². The van der Waals surface area contributed by atoms with Gasteiger partial charge in [-0.2, -0.15) is 0 Å². The summed E-state index contributed by atoms with van der Waals surface area (Å²) in [5.41, 5.74) is 0.795. The highest BCUT2D eigenvalue weighted by Gasteiger charge is 2.14. The normalized spacial score (nSPS) is 19.2. The topological polar surface area (TPSA) is 58.6 Å². The lowest BCUT2D eigenvalue weighted by Gasteiger charge is -2.12. The molecule has 1 aliphatic rings. The average molecular weight is 235 g/mol. The Morgan fingerprint density at radius 3 is 2.76 bits per heavy atom. The van der Waals surface area contributed by atoms with Crippen molar-refractivity contribution in [1.82, 2.24) is 5.32 Å². The number of nitrogens with one attached hydrogen (secondary N) is 1. The van der Waals surface area contributed by atoms with Gasteiger partial charge in [0.15, 0.2) is 0 Å². The van der Waals surface area contributed by atoms with Gasteiger partial charge in [-0.05, 0) is 37.1 Å². The molecule has 1 aromatic rings. The molecule has 1 unspecified atom stereocenters. The summed E-state index contributed by atoms with van der Waals surface area (Å²) in [6, 6.07) is 7.70. The van der Waals surface area contributed by atoms with Crippen molar-refractivity contribution in [3.63, 3.8) is 0 Å². The fraction of sp³-hybridized carbons (Fsp3) is 0.462. The molecule has 1 atom stereocenters. The summed E-state index contributed by atoms with van der Waals surface area (Å²) in [4.78, 5) is 10.5. The van der Waals surface area contributed by atoms with Crippen molar-refractivity contribution in [3.8, 4) is 5.75 Å². The van der Waals surface area contributed by atoms with E-state index in [1.165, 1.54) is 6.42 Å². The van der Waals surface area contributed by atoms with Crippen molar-refractivity contribution >= 4 is 5.97 Å². The molecule has 0 radical (unpaired) electrons. The lowest BCUT2D eigenvalue weighted by molar-refractivity contribution is -0.136. The summed E-state index contributed by atoms with van der Waals surface area (Å²) in [5, 5.41) is 12.0. The number of carboxylic acid groups (broad SMARTS) is 1. The minimum absolute atomic E-state index is 0.0600. The zero-order valence-corrected chi connectivity index (χ0v) is 9.69. The first-order valence-corrected chi connectivity index (χ1v) is 5.91. The van der Waals surface area contributed by atoms with E-state index in [9.17, 15) is 4.79 Å². The van der Waals surface area contributed by atoms with Crippen molar-refractivity contribution < 1.29 is 14.6 Å². The number of benzene rings is 1. The Morgan fingerprint density at radius 1 is 1.41 bits per heavy atom. The predicted octanol–water partition coefficient (Wildman–Crippen LogP) is 1.44. The van der Waals surface area contributed by atoms with Crippen molar-refractivity contribution in [1.29, 1.82) is 0 Å². The molecule has 1 aromatic carbocycles. The highest BCUT2D eigenvalue weighted by atomic mass is 16.5. The molecule has 0 aliphatic carbocycles. The van der Waals surface area contributed by atoms with Crippen molar-refractivity contribution in [3.05, 3.63) is 29.8 Å². The van der Waals surface area contributed by atoms with Gasteiger partial charge in [0.25, 0.3) is 0 Å². The van der Waals surface area contributed by atoms with Gasteiger partial charge in [-0.25, -0.2) is 0 Å². The zero-order valence-electron chi connectivity index (χ0n) is 9.69. The second-order valence-corrected chi connectivity index (χ2v) is 4.32. The third-order valence-electron chi connectivity index (χ3n) is 2.89. The molecule has 1 heterocycles. The minimum atomic E-state index is -0.811. The van der Waals surface area contributed by atoms with Gasteiger partial charge >= 0.3 is 5.97 Å². The van der Waals surface area contributed by atoms with Gasteiger partial charge < -0.3 is 15.2 Å². The maximum absolute atomic E-state index is 10.5. The average Bonchev–Trinajstić information content (AvgIpc) is 2.80. The van der Waals surface area contributed by atoms with Crippen LogP contribution in [0.1, 0.15) is 18.4 Å². The quantitative estimate of drug-likeness (QED) is 0.811. The molecular formula is C13H17NO3. The molecule has 4 heteroatoms. The molecule has 1 saturated heterocycles. The second kappa shape index (κ2) is 5.68. The fourth-order valence-electron chi connectivity index (χ4n) is 1.97. The molecule has 0 bridgehead atoms. The molecule has 2 N–H and O–H groups in total. The van der Waals surface area contributed by atoms with Crippen LogP contribution in [0.4, 0.5) is 0 Å². The highest BCUT2D eigenvalue weighted by molar-refractivity contribution is 5.70. The number of carboxylic acids is 1. The van der Waals surface area contributed by atoms with Gasteiger partial charge in [0.2, 0.25) is 0 Å². The Balaban J connectivity index is 1.82. The second-order valence-electron chi connectivity index (χ2n) is 4.32. The van der Waals surface area contributed by atoms with Gasteiger partial charge in [-0.1, -0.05) is 12.1 Å². The van der Waals surface area contributed by atoms with E-state index in [1.54, 1.807) is 12.1 Å². The van der Waals surface area contributed by atoms with Crippen LogP contribution >= 0.6 is 0 Å². The first kappa shape index (κ1) is 11.9. The number of hydrogen-bond donors (Lipinski definition) is 2. The molecule has 92 valence electrons. The monoisotopic (exact) mass is 235 g/mol. The molecular weight excluding hydrogens is 218 g/mol. The maximum Gasteiger partial charge on any atom is 0.307 e. The fourth-order valence-corrected chi connectivity index (χ4v) is 1.97. The number of rotatable bonds is 5. The number of carbonyl (C=O) groups is 1. The molecule has 0 amide bonds. The lowest BCUT2D eigenvalue weighted by atomic mass is 10.1. The first-order valence-electron chi connectivity index (χ1n) is 5.91. The van der Waals surface area contributed by atoms with Crippen LogP contribution in [-0.4, -0.2) is 30.3 Å². The Bertz CT molecular complexity index is 369. The van der Waals surface area contributed by atoms with Crippen molar-refractivity contribution in [2.75, 3.05) is 13.2 Å².